The van der Waals surface area contributed by atoms with Crippen molar-refractivity contribution in [3.8, 4) is 0 Å². The topological polar surface area (TPSA) is 33.2 Å². The lowest BCUT2D eigenvalue weighted by Crippen LogP contribution is -2.31. The normalized spacial score (nSPS) is 10.3. The van der Waals surface area contributed by atoms with E-state index in [1.165, 1.54) is 18.2 Å². The summed E-state index contributed by atoms with van der Waals surface area (Å²) in [5.41, 5.74) is 1.97. The quantitative estimate of drug-likeness (QED) is 0.792. The lowest BCUT2D eigenvalue weighted by molar-refractivity contribution is 0.0982. The average Bonchev–Trinajstić information content (AvgIpc) is 2.39. The van der Waals surface area contributed by atoms with Crippen molar-refractivity contribution in [2.24, 2.45) is 0 Å². The van der Waals surface area contributed by atoms with Crippen LogP contribution in [0.5, 0.6) is 0 Å². The van der Waals surface area contributed by atoms with Gasteiger partial charge >= 0.3 is 0 Å². The van der Waals surface area contributed by atoms with E-state index in [9.17, 15) is 9.18 Å². The number of rotatable bonds is 3. The number of aryl methyl sites for hydroxylation is 1. The van der Waals surface area contributed by atoms with Crippen molar-refractivity contribution in [1.29, 1.82) is 0 Å². The smallest absolute Gasteiger partial charge is 0.276 e. The zero-order valence-electron chi connectivity index (χ0n) is 10.9. The number of carbonyl (C=O) groups is 1. The molecule has 0 bridgehead atoms. The maximum Gasteiger partial charge on any atom is 0.276 e. The molecule has 2 rings (SSSR count). The molecule has 4 heteroatoms. The SMILES string of the molecule is CCN(C(=O)c1cccc(F)n1)c1cccc(C)c1. The molecule has 19 heavy (non-hydrogen) atoms. The van der Waals surface area contributed by atoms with Gasteiger partial charge in [0.05, 0.1) is 0 Å². The predicted octanol–water partition coefficient (Wildman–Crippen LogP) is 3.20. The van der Waals surface area contributed by atoms with E-state index in [2.05, 4.69) is 4.98 Å². The Morgan fingerprint density at radius 1 is 1.26 bits per heavy atom. The Labute approximate surface area is 111 Å². The molecule has 0 N–H and O–H groups in total. The van der Waals surface area contributed by atoms with Gasteiger partial charge in [0.15, 0.2) is 0 Å². The lowest BCUT2D eigenvalue weighted by Gasteiger charge is -2.21. The van der Waals surface area contributed by atoms with Gasteiger partial charge in [0.2, 0.25) is 5.95 Å². The second kappa shape index (κ2) is 5.61. The minimum Gasteiger partial charge on any atom is -0.307 e. The van der Waals surface area contributed by atoms with E-state index in [-0.39, 0.29) is 11.6 Å². The highest BCUT2D eigenvalue weighted by molar-refractivity contribution is 6.04. The largest absolute Gasteiger partial charge is 0.307 e. The summed E-state index contributed by atoms with van der Waals surface area (Å²) in [5.74, 6) is -0.946. The summed E-state index contributed by atoms with van der Waals surface area (Å²) in [5, 5.41) is 0. The van der Waals surface area contributed by atoms with Gasteiger partial charge in [-0.05, 0) is 43.7 Å². The summed E-state index contributed by atoms with van der Waals surface area (Å²) in [6.07, 6.45) is 0. The highest BCUT2D eigenvalue weighted by Crippen LogP contribution is 2.18. The fourth-order valence-electron chi connectivity index (χ4n) is 1.90. The number of nitrogens with zero attached hydrogens (tertiary/aromatic N) is 2. The van der Waals surface area contributed by atoms with Gasteiger partial charge in [0.25, 0.3) is 5.91 Å². The van der Waals surface area contributed by atoms with Gasteiger partial charge in [-0.15, -0.1) is 0 Å². The maximum atomic E-state index is 13.1. The first-order valence-corrected chi connectivity index (χ1v) is 6.13. The third kappa shape index (κ3) is 2.96. The lowest BCUT2D eigenvalue weighted by atomic mass is 10.2. The molecule has 1 heterocycles. The zero-order valence-corrected chi connectivity index (χ0v) is 10.9. The molecule has 0 saturated heterocycles. The molecule has 1 aromatic carbocycles. The van der Waals surface area contributed by atoms with Crippen molar-refractivity contribution in [3.63, 3.8) is 0 Å². The Bertz CT molecular complexity index is 598. The molecular weight excluding hydrogens is 243 g/mol. The first-order valence-electron chi connectivity index (χ1n) is 6.13. The molecule has 0 aliphatic carbocycles. The molecule has 0 spiro atoms. The van der Waals surface area contributed by atoms with E-state index in [1.807, 2.05) is 38.1 Å². The molecule has 0 radical (unpaired) electrons. The van der Waals surface area contributed by atoms with Gasteiger partial charge < -0.3 is 4.90 Å². The van der Waals surface area contributed by atoms with Crippen molar-refractivity contribution in [3.05, 3.63) is 59.7 Å². The van der Waals surface area contributed by atoms with E-state index in [4.69, 9.17) is 0 Å². The van der Waals surface area contributed by atoms with E-state index in [0.29, 0.717) is 6.54 Å². The number of hydrogen-bond acceptors (Lipinski definition) is 2. The monoisotopic (exact) mass is 258 g/mol. The third-order valence-corrected chi connectivity index (χ3v) is 2.81. The molecule has 98 valence electrons. The minimum atomic E-state index is -0.647. The second-order valence-electron chi connectivity index (χ2n) is 4.23. The number of hydrogen-bond donors (Lipinski definition) is 0. The van der Waals surface area contributed by atoms with Crippen molar-refractivity contribution >= 4 is 11.6 Å². The summed E-state index contributed by atoms with van der Waals surface area (Å²) >= 11 is 0. The van der Waals surface area contributed by atoms with Crippen LogP contribution in [0.15, 0.2) is 42.5 Å². The first-order chi connectivity index (χ1) is 9.11. The Kier molecular flexibility index (Phi) is 3.90. The van der Waals surface area contributed by atoms with Crippen molar-refractivity contribution in [2.45, 2.75) is 13.8 Å². The van der Waals surface area contributed by atoms with Gasteiger partial charge in [-0.1, -0.05) is 18.2 Å². The van der Waals surface area contributed by atoms with Gasteiger partial charge in [0, 0.05) is 12.2 Å². The van der Waals surface area contributed by atoms with Crippen LogP contribution >= 0.6 is 0 Å². The van der Waals surface area contributed by atoms with E-state index >= 15 is 0 Å². The standard InChI is InChI=1S/C15H15FN2O/c1-3-18(12-7-4-6-11(2)10-12)15(19)13-8-5-9-14(16)17-13/h4-10H,3H2,1-2H3. The number of anilines is 1. The summed E-state index contributed by atoms with van der Waals surface area (Å²) in [4.78, 5) is 17.5. The Balaban J connectivity index is 2.34. The molecule has 0 atom stereocenters. The van der Waals surface area contributed by atoms with Crippen LogP contribution in [-0.2, 0) is 0 Å². The van der Waals surface area contributed by atoms with E-state index in [0.717, 1.165) is 11.3 Å². The van der Waals surface area contributed by atoms with Crippen molar-refractivity contribution < 1.29 is 9.18 Å². The number of aromatic nitrogens is 1. The summed E-state index contributed by atoms with van der Waals surface area (Å²) in [7, 11) is 0. The first kappa shape index (κ1) is 13.2. The Hall–Kier alpha value is -2.23. The number of carbonyl (C=O) groups excluding carboxylic acids is 1. The predicted molar refractivity (Wildman–Crippen MR) is 72.7 cm³/mol. The van der Waals surface area contributed by atoms with Crippen LogP contribution in [0.1, 0.15) is 23.0 Å². The molecule has 1 amide bonds. The Morgan fingerprint density at radius 3 is 2.63 bits per heavy atom. The number of pyridine rings is 1. The molecule has 0 fully saturated rings. The second-order valence-corrected chi connectivity index (χ2v) is 4.23. The van der Waals surface area contributed by atoms with Crippen LogP contribution in [0.4, 0.5) is 10.1 Å². The van der Waals surface area contributed by atoms with Gasteiger partial charge in [-0.25, -0.2) is 4.98 Å². The van der Waals surface area contributed by atoms with Gasteiger partial charge in [-0.2, -0.15) is 4.39 Å². The van der Waals surface area contributed by atoms with Crippen LogP contribution in [0.2, 0.25) is 0 Å². The summed E-state index contributed by atoms with van der Waals surface area (Å²) < 4.78 is 13.1. The molecule has 1 aromatic heterocycles. The fraction of sp³-hybridized carbons (Fsp3) is 0.200. The maximum absolute atomic E-state index is 13.1. The Morgan fingerprint density at radius 2 is 2.00 bits per heavy atom. The fourth-order valence-corrected chi connectivity index (χ4v) is 1.90. The van der Waals surface area contributed by atoms with Gasteiger partial charge in [0.1, 0.15) is 5.69 Å². The van der Waals surface area contributed by atoms with Gasteiger partial charge in [-0.3, -0.25) is 4.79 Å². The van der Waals surface area contributed by atoms with E-state index < -0.39 is 5.95 Å². The molecule has 0 aliphatic rings. The summed E-state index contributed by atoms with van der Waals surface area (Å²) in [6, 6.07) is 11.8. The highest BCUT2D eigenvalue weighted by Gasteiger charge is 2.17. The number of halogens is 1. The molecule has 0 unspecified atom stereocenters. The third-order valence-electron chi connectivity index (χ3n) is 2.81. The molecular formula is C15H15FN2O. The minimum absolute atomic E-state index is 0.114. The van der Waals surface area contributed by atoms with E-state index in [1.54, 1.807) is 4.90 Å². The van der Waals surface area contributed by atoms with Crippen LogP contribution in [0.25, 0.3) is 0 Å². The average molecular weight is 258 g/mol. The summed E-state index contributed by atoms with van der Waals surface area (Å²) in [6.45, 7) is 4.34. The molecule has 0 aliphatic heterocycles. The zero-order chi connectivity index (χ0) is 13.8. The van der Waals surface area contributed by atoms with Crippen LogP contribution in [0, 0.1) is 12.9 Å². The van der Waals surface area contributed by atoms with Crippen molar-refractivity contribution in [2.75, 3.05) is 11.4 Å². The number of amides is 1. The molecule has 3 nitrogen and oxygen atoms in total. The molecule has 2 aromatic rings. The van der Waals surface area contributed by atoms with Crippen molar-refractivity contribution in [1.82, 2.24) is 4.98 Å². The van der Waals surface area contributed by atoms with Crippen LogP contribution in [-0.4, -0.2) is 17.4 Å². The molecule has 0 saturated carbocycles. The highest BCUT2D eigenvalue weighted by atomic mass is 19.1. The van der Waals surface area contributed by atoms with Crippen LogP contribution in [0.3, 0.4) is 0 Å². The van der Waals surface area contributed by atoms with Crippen LogP contribution < -0.4 is 4.90 Å². The number of benzene rings is 1.